The van der Waals surface area contributed by atoms with Crippen LogP contribution >= 0.6 is 0 Å². The van der Waals surface area contributed by atoms with Crippen molar-refractivity contribution in [2.45, 2.75) is 6.92 Å². The predicted octanol–water partition coefficient (Wildman–Crippen LogP) is 2.86. The van der Waals surface area contributed by atoms with Crippen molar-refractivity contribution in [3.8, 4) is 17.2 Å². The maximum atomic E-state index is 12.2. The van der Waals surface area contributed by atoms with Gasteiger partial charge in [0.2, 0.25) is 0 Å². The van der Waals surface area contributed by atoms with Gasteiger partial charge in [-0.15, -0.1) is 0 Å². The number of nitrogens with zero attached hydrogens (tertiary/aromatic N) is 1. The average Bonchev–Trinajstić information content (AvgIpc) is 2.69. The van der Waals surface area contributed by atoms with Gasteiger partial charge in [-0.2, -0.15) is 0 Å². The van der Waals surface area contributed by atoms with Crippen molar-refractivity contribution in [3.63, 3.8) is 0 Å². The van der Waals surface area contributed by atoms with E-state index in [2.05, 4.69) is 10.3 Å². The number of hydrogen-bond donors (Lipinski definition) is 3. The van der Waals surface area contributed by atoms with Crippen LogP contribution in [0.1, 0.15) is 20.3 Å². The van der Waals surface area contributed by atoms with Crippen LogP contribution in [0, 0.1) is 6.92 Å². The second-order valence-corrected chi connectivity index (χ2v) is 5.34. The molecule has 7 heteroatoms. The zero-order valence-corrected chi connectivity index (χ0v) is 13.7. The molecule has 3 rings (SSSR count). The fourth-order valence-corrected chi connectivity index (χ4v) is 2.29. The maximum Gasteiger partial charge on any atom is 0.322 e. The van der Waals surface area contributed by atoms with E-state index in [1.165, 1.54) is 6.92 Å². The van der Waals surface area contributed by atoms with Crippen LogP contribution in [0.25, 0.3) is 10.8 Å². The van der Waals surface area contributed by atoms with E-state index in [0.717, 1.165) is 0 Å². The quantitative estimate of drug-likeness (QED) is 0.649. The number of benzene rings is 2. The molecule has 3 aromatic rings. The Balaban J connectivity index is 2.19. The standard InChI is InChI=1S/C19H16N2O5/c1-11-15-9-13(26-12-5-3-2-4-6-12)7-8-14(15)18(24)17(21-11)19(25)20-10-16(22)23/h2-9,24H,10H2,1H3,(H,20,25)(H,22,23)/i7D,8D,9D. The van der Waals surface area contributed by atoms with E-state index in [0.29, 0.717) is 5.75 Å². The van der Waals surface area contributed by atoms with E-state index < -0.39 is 41.9 Å². The third-order valence-electron chi connectivity index (χ3n) is 3.47. The molecule has 132 valence electrons. The van der Waals surface area contributed by atoms with Crippen LogP contribution in [-0.2, 0) is 4.79 Å². The van der Waals surface area contributed by atoms with Crippen molar-refractivity contribution in [2.75, 3.05) is 6.54 Å². The summed E-state index contributed by atoms with van der Waals surface area (Å²) < 4.78 is 30.5. The predicted molar refractivity (Wildman–Crippen MR) is 94.6 cm³/mol. The molecule has 2 aromatic carbocycles. The summed E-state index contributed by atoms with van der Waals surface area (Å²) in [7, 11) is 0. The molecule has 0 aliphatic heterocycles. The number of nitrogens with one attached hydrogen (secondary N) is 1. The number of rotatable bonds is 5. The summed E-state index contributed by atoms with van der Waals surface area (Å²) >= 11 is 0. The lowest BCUT2D eigenvalue weighted by Crippen LogP contribution is -2.30. The first-order chi connectivity index (χ1) is 13.7. The average molecular weight is 355 g/mol. The highest BCUT2D eigenvalue weighted by Crippen LogP contribution is 2.33. The van der Waals surface area contributed by atoms with Crippen molar-refractivity contribution >= 4 is 22.6 Å². The van der Waals surface area contributed by atoms with Crippen LogP contribution in [0.3, 0.4) is 0 Å². The molecule has 0 unspecified atom stereocenters. The number of carboxylic acids is 1. The Labute approximate surface area is 153 Å². The number of carbonyl (C=O) groups excluding carboxylic acids is 1. The van der Waals surface area contributed by atoms with Gasteiger partial charge in [0.25, 0.3) is 5.91 Å². The molecule has 1 aromatic heterocycles. The van der Waals surface area contributed by atoms with Crippen LogP contribution in [0.15, 0.2) is 48.5 Å². The number of aryl methyl sites for hydroxylation is 1. The summed E-state index contributed by atoms with van der Waals surface area (Å²) in [6.45, 7) is 0.797. The Morgan fingerprint density at radius 3 is 2.62 bits per heavy atom. The van der Waals surface area contributed by atoms with E-state index >= 15 is 0 Å². The molecule has 0 atom stereocenters. The smallest absolute Gasteiger partial charge is 0.322 e. The Morgan fingerprint density at radius 2 is 1.92 bits per heavy atom. The van der Waals surface area contributed by atoms with Crippen molar-refractivity contribution < 1.29 is 28.7 Å². The third-order valence-corrected chi connectivity index (χ3v) is 3.47. The van der Waals surface area contributed by atoms with E-state index in [1.54, 1.807) is 30.3 Å². The summed E-state index contributed by atoms with van der Waals surface area (Å²) in [5, 5.41) is 21.1. The zero-order chi connectivity index (χ0) is 21.3. The SMILES string of the molecule is [2H]c1c(Oc2ccccc2)c([2H])c2c(C)nc(C(=O)NCC(=O)O)c(O)c2c1[2H]. The van der Waals surface area contributed by atoms with Crippen LogP contribution in [0.4, 0.5) is 0 Å². The van der Waals surface area contributed by atoms with Gasteiger partial charge in [0.1, 0.15) is 18.0 Å². The molecular weight excluding hydrogens is 336 g/mol. The van der Waals surface area contributed by atoms with E-state index in [9.17, 15) is 14.7 Å². The number of carbonyl (C=O) groups is 2. The summed E-state index contributed by atoms with van der Waals surface area (Å²) in [6.07, 6.45) is 0. The monoisotopic (exact) mass is 355 g/mol. The Morgan fingerprint density at radius 1 is 1.19 bits per heavy atom. The van der Waals surface area contributed by atoms with E-state index in [4.69, 9.17) is 14.0 Å². The van der Waals surface area contributed by atoms with Gasteiger partial charge >= 0.3 is 5.97 Å². The first kappa shape index (κ1) is 13.7. The Kier molecular flexibility index (Phi) is 3.73. The highest BCUT2D eigenvalue weighted by atomic mass is 16.5. The first-order valence-corrected chi connectivity index (χ1v) is 7.58. The van der Waals surface area contributed by atoms with Crippen LogP contribution in [0.2, 0.25) is 0 Å². The number of pyridine rings is 1. The number of aromatic hydroxyl groups is 1. The number of hydrogen-bond acceptors (Lipinski definition) is 5. The van der Waals surface area contributed by atoms with Crippen molar-refractivity contribution in [3.05, 3.63) is 59.8 Å². The Bertz CT molecular complexity index is 1140. The van der Waals surface area contributed by atoms with Crippen LogP contribution in [-0.4, -0.2) is 33.6 Å². The largest absolute Gasteiger partial charge is 0.505 e. The van der Waals surface area contributed by atoms with Gasteiger partial charge in [-0.05, 0) is 37.2 Å². The number of amides is 1. The van der Waals surface area contributed by atoms with Gasteiger partial charge in [0, 0.05) is 16.5 Å². The number of aromatic nitrogens is 1. The molecule has 7 nitrogen and oxygen atoms in total. The van der Waals surface area contributed by atoms with Gasteiger partial charge in [0.05, 0.1) is 4.11 Å². The summed E-state index contributed by atoms with van der Waals surface area (Å²) in [5.74, 6) is -2.74. The zero-order valence-electron chi connectivity index (χ0n) is 16.7. The summed E-state index contributed by atoms with van der Waals surface area (Å²) in [5.41, 5.74) is -0.338. The number of carboxylic acid groups (broad SMARTS) is 1. The van der Waals surface area contributed by atoms with Gasteiger partial charge in [-0.3, -0.25) is 9.59 Å². The van der Waals surface area contributed by atoms with Gasteiger partial charge in [-0.25, -0.2) is 4.98 Å². The third kappa shape index (κ3) is 3.56. The van der Waals surface area contributed by atoms with Crippen molar-refractivity contribution in [2.24, 2.45) is 0 Å². The second-order valence-electron chi connectivity index (χ2n) is 5.34. The minimum atomic E-state index is -1.28. The van der Waals surface area contributed by atoms with Crippen LogP contribution in [0.5, 0.6) is 17.2 Å². The van der Waals surface area contributed by atoms with E-state index in [-0.39, 0.29) is 28.3 Å². The molecule has 0 aliphatic carbocycles. The van der Waals surface area contributed by atoms with E-state index in [1.807, 2.05) is 0 Å². The van der Waals surface area contributed by atoms with Gasteiger partial charge < -0.3 is 20.3 Å². The second kappa shape index (κ2) is 7.10. The maximum absolute atomic E-state index is 12.2. The number of ether oxygens (including phenoxy) is 1. The molecule has 0 spiro atoms. The minimum absolute atomic E-state index is 0.0595. The fourth-order valence-electron chi connectivity index (χ4n) is 2.29. The molecule has 0 radical (unpaired) electrons. The molecule has 0 fully saturated rings. The molecule has 1 amide bonds. The minimum Gasteiger partial charge on any atom is -0.505 e. The van der Waals surface area contributed by atoms with Gasteiger partial charge in [0.15, 0.2) is 11.4 Å². The normalized spacial score (nSPS) is 12.1. The lowest BCUT2D eigenvalue weighted by atomic mass is 10.1. The highest BCUT2D eigenvalue weighted by Gasteiger charge is 2.18. The lowest BCUT2D eigenvalue weighted by Gasteiger charge is -2.12. The molecule has 26 heavy (non-hydrogen) atoms. The molecule has 0 aliphatic rings. The molecular formula is C19H16N2O5. The van der Waals surface area contributed by atoms with Crippen molar-refractivity contribution in [1.82, 2.24) is 10.3 Å². The first-order valence-electron chi connectivity index (χ1n) is 9.08. The fraction of sp³-hybridized carbons (Fsp3) is 0.105. The molecule has 0 saturated carbocycles. The molecule has 0 saturated heterocycles. The number of aliphatic carboxylic acids is 1. The van der Waals surface area contributed by atoms with Crippen molar-refractivity contribution in [1.29, 1.82) is 0 Å². The highest BCUT2D eigenvalue weighted by molar-refractivity contribution is 6.03. The molecule has 0 bridgehead atoms. The summed E-state index contributed by atoms with van der Waals surface area (Å²) in [6, 6.07) is 7.31. The summed E-state index contributed by atoms with van der Waals surface area (Å²) in [4.78, 5) is 26.8. The lowest BCUT2D eigenvalue weighted by molar-refractivity contribution is -0.135. The number of fused-ring (bicyclic) bond motifs is 1. The molecule has 1 heterocycles. The van der Waals surface area contributed by atoms with Crippen LogP contribution < -0.4 is 10.1 Å². The Hall–Kier alpha value is -3.61. The topological polar surface area (TPSA) is 109 Å². The molecule has 3 N–H and O–H groups in total. The number of para-hydroxylation sites is 1. The van der Waals surface area contributed by atoms with Gasteiger partial charge in [-0.1, -0.05) is 18.2 Å².